The second-order valence-electron chi connectivity index (χ2n) is 5.27. The summed E-state index contributed by atoms with van der Waals surface area (Å²) in [5.74, 6) is -0.422. The zero-order chi connectivity index (χ0) is 12.6. The lowest BCUT2D eigenvalue weighted by Gasteiger charge is -2.37. The van der Waals surface area contributed by atoms with Crippen LogP contribution >= 0.6 is 0 Å². The number of rotatable bonds is 2. The third-order valence-corrected chi connectivity index (χ3v) is 2.97. The zero-order valence-electron chi connectivity index (χ0n) is 10.3. The summed E-state index contributed by atoms with van der Waals surface area (Å²) in [6.45, 7) is 6.88. The Morgan fingerprint density at radius 3 is 2.12 bits per heavy atom. The molecule has 0 saturated heterocycles. The first-order valence-corrected chi connectivity index (χ1v) is 5.37. The van der Waals surface area contributed by atoms with E-state index in [9.17, 15) is 8.78 Å². The maximum Gasteiger partial charge on any atom is 0.153 e. The van der Waals surface area contributed by atoms with Gasteiger partial charge in [0.25, 0.3) is 0 Å². The van der Waals surface area contributed by atoms with Gasteiger partial charge in [0.15, 0.2) is 5.67 Å². The molecule has 16 heavy (non-hydrogen) atoms. The highest BCUT2D eigenvalue weighted by molar-refractivity contribution is 5.30. The van der Waals surface area contributed by atoms with Gasteiger partial charge in [-0.2, -0.15) is 0 Å². The van der Waals surface area contributed by atoms with E-state index in [4.69, 9.17) is 5.73 Å². The Labute approximate surface area is 95.7 Å². The normalized spacial score (nSPS) is 15.9. The highest BCUT2D eigenvalue weighted by atomic mass is 19.1. The van der Waals surface area contributed by atoms with E-state index in [0.717, 1.165) is 0 Å². The van der Waals surface area contributed by atoms with Crippen LogP contribution in [0.5, 0.6) is 0 Å². The fourth-order valence-electron chi connectivity index (χ4n) is 1.82. The number of halogens is 2. The van der Waals surface area contributed by atoms with Gasteiger partial charge >= 0.3 is 0 Å². The van der Waals surface area contributed by atoms with Crippen LogP contribution in [0.4, 0.5) is 8.78 Å². The van der Waals surface area contributed by atoms with Crippen molar-refractivity contribution in [3.8, 4) is 0 Å². The Kier molecular flexibility index (Phi) is 3.38. The van der Waals surface area contributed by atoms with Gasteiger partial charge in [0.05, 0.1) is 0 Å². The molecule has 0 aliphatic rings. The van der Waals surface area contributed by atoms with Crippen molar-refractivity contribution in [2.75, 3.05) is 6.54 Å². The Morgan fingerprint density at radius 1 is 1.19 bits per heavy atom. The summed E-state index contributed by atoms with van der Waals surface area (Å²) < 4.78 is 28.1. The lowest BCUT2D eigenvalue weighted by Crippen LogP contribution is -2.42. The molecule has 1 rings (SSSR count). The summed E-state index contributed by atoms with van der Waals surface area (Å²) in [7, 11) is 0. The van der Waals surface area contributed by atoms with E-state index >= 15 is 0 Å². The van der Waals surface area contributed by atoms with Crippen molar-refractivity contribution in [2.24, 2.45) is 11.1 Å². The molecule has 0 aliphatic carbocycles. The fourth-order valence-corrected chi connectivity index (χ4v) is 1.82. The van der Waals surface area contributed by atoms with Crippen LogP contribution in [0.2, 0.25) is 0 Å². The highest BCUT2D eigenvalue weighted by Gasteiger charge is 2.43. The Morgan fingerprint density at radius 2 is 1.75 bits per heavy atom. The van der Waals surface area contributed by atoms with Gasteiger partial charge in [0.1, 0.15) is 5.82 Å². The fraction of sp³-hybridized carbons (Fsp3) is 0.538. The van der Waals surface area contributed by atoms with Gasteiger partial charge in [-0.05, 0) is 30.2 Å². The molecule has 0 aliphatic heterocycles. The van der Waals surface area contributed by atoms with Crippen molar-refractivity contribution in [1.29, 1.82) is 0 Å². The molecule has 0 fully saturated rings. The van der Waals surface area contributed by atoms with E-state index in [2.05, 4.69) is 0 Å². The predicted molar refractivity (Wildman–Crippen MR) is 62.4 cm³/mol. The average molecular weight is 227 g/mol. The van der Waals surface area contributed by atoms with Crippen molar-refractivity contribution in [2.45, 2.75) is 33.4 Å². The molecule has 1 nitrogen and oxygen atoms in total. The molecule has 3 heteroatoms. The first-order valence-electron chi connectivity index (χ1n) is 5.37. The minimum atomic E-state index is -1.71. The lowest BCUT2D eigenvalue weighted by atomic mass is 9.73. The quantitative estimate of drug-likeness (QED) is 0.824. The number of benzene rings is 1. The van der Waals surface area contributed by atoms with Gasteiger partial charge in [-0.15, -0.1) is 0 Å². The maximum absolute atomic E-state index is 14.8. The number of alkyl halides is 1. The van der Waals surface area contributed by atoms with Crippen LogP contribution in [0.25, 0.3) is 0 Å². The van der Waals surface area contributed by atoms with Gasteiger partial charge < -0.3 is 5.73 Å². The SMILES string of the molecule is Cc1cc(F)cc(C(F)(CN)C(C)(C)C)c1. The molecule has 1 atom stereocenters. The third-order valence-electron chi connectivity index (χ3n) is 2.97. The Balaban J connectivity index is 3.34. The summed E-state index contributed by atoms with van der Waals surface area (Å²) in [4.78, 5) is 0. The molecule has 1 aromatic rings. The molecule has 0 saturated carbocycles. The number of nitrogens with two attached hydrogens (primary N) is 1. The van der Waals surface area contributed by atoms with E-state index < -0.39 is 16.9 Å². The first-order chi connectivity index (χ1) is 7.20. The Bertz CT molecular complexity index is 362. The lowest BCUT2D eigenvalue weighted by molar-refractivity contribution is 0.0340. The van der Waals surface area contributed by atoms with Crippen LogP contribution in [-0.2, 0) is 5.67 Å². The summed E-state index contributed by atoms with van der Waals surface area (Å²) in [5, 5.41) is 0. The third kappa shape index (κ3) is 2.24. The van der Waals surface area contributed by atoms with E-state index in [1.165, 1.54) is 12.1 Å². The molecule has 1 unspecified atom stereocenters. The van der Waals surface area contributed by atoms with Gasteiger partial charge in [0, 0.05) is 12.0 Å². The van der Waals surface area contributed by atoms with Crippen LogP contribution in [0.3, 0.4) is 0 Å². The van der Waals surface area contributed by atoms with Crippen LogP contribution in [0, 0.1) is 18.2 Å². The minimum Gasteiger partial charge on any atom is -0.327 e. The van der Waals surface area contributed by atoms with Crippen LogP contribution in [0.1, 0.15) is 31.9 Å². The van der Waals surface area contributed by atoms with Crippen molar-refractivity contribution in [3.63, 3.8) is 0 Å². The smallest absolute Gasteiger partial charge is 0.153 e. The van der Waals surface area contributed by atoms with Crippen molar-refractivity contribution >= 4 is 0 Å². The second-order valence-corrected chi connectivity index (χ2v) is 5.27. The Hall–Kier alpha value is -0.960. The van der Waals surface area contributed by atoms with Gasteiger partial charge in [-0.1, -0.05) is 26.8 Å². The molecule has 0 aromatic heterocycles. The van der Waals surface area contributed by atoms with Crippen molar-refractivity contribution < 1.29 is 8.78 Å². The van der Waals surface area contributed by atoms with Crippen molar-refractivity contribution in [1.82, 2.24) is 0 Å². The molecular formula is C13H19F2N. The number of hydrogen-bond donors (Lipinski definition) is 1. The summed E-state index contributed by atoms with van der Waals surface area (Å²) >= 11 is 0. The number of hydrogen-bond acceptors (Lipinski definition) is 1. The van der Waals surface area contributed by atoms with Gasteiger partial charge in [-0.3, -0.25) is 0 Å². The minimum absolute atomic E-state index is 0.153. The summed E-state index contributed by atoms with van der Waals surface area (Å²) in [5.41, 5.74) is 4.18. The predicted octanol–water partition coefficient (Wildman–Crippen LogP) is 3.30. The van der Waals surface area contributed by atoms with E-state index in [1.807, 2.05) is 0 Å². The first kappa shape index (κ1) is 13.1. The molecule has 2 N–H and O–H groups in total. The number of aryl methyl sites for hydroxylation is 1. The van der Waals surface area contributed by atoms with Crippen LogP contribution in [-0.4, -0.2) is 6.54 Å². The average Bonchev–Trinajstić information content (AvgIpc) is 2.13. The van der Waals surface area contributed by atoms with Crippen LogP contribution < -0.4 is 5.73 Å². The monoisotopic (exact) mass is 227 g/mol. The van der Waals surface area contributed by atoms with Gasteiger partial charge in [0.2, 0.25) is 0 Å². The maximum atomic E-state index is 14.8. The largest absolute Gasteiger partial charge is 0.327 e. The van der Waals surface area contributed by atoms with E-state index in [1.54, 1.807) is 33.8 Å². The van der Waals surface area contributed by atoms with Crippen molar-refractivity contribution in [3.05, 3.63) is 35.1 Å². The van der Waals surface area contributed by atoms with Crippen LogP contribution in [0.15, 0.2) is 18.2 Å². The zero-order valence-corrected chi connectivity index (χ0v) is 10.3. The molecule has 0 amide bonds. The molecule has 0 spiro atoms. The topological polar surface area (TPSA) is 26.0 Å². The molecule has 1 aromatic carbocycles. The highest BCUT2D eigenvalue weighted by Crippen LogP contribution is 2.42. The molecular weight excluding hydrogens is 208 g/mol. The molecule has 0 bridgehead atoms. The second kappa shape index (κ2) is 4.13. The molecule has 0 radical (unpaired) electrons. The van der Waals surface area contributed by atoms with Gasteiger partial charge in [-0.25, -0.2) is 8.78 Å². The molecule has 90 valence electrons. The molecule has 0 heterocycles. The summed E-state index contributed by atoms with van der Waals surface area (Å²) in [6, 6.07) is 4.26. The summed E-state index contributed by atoms with van der Waals surface area (Å²) in [6.07, 6.45) is 0. The standard InChI is InChI=1S/C13H19F2N/c1-9-5-10(7-11(14)6-9)13(15,8-16)12(2,3)4/h5-7H,8,16H2,1-4H3. The van der Waals surface area contributed by atoms with E-state index in [-0.39, 0.29) is 6.54 Å². The van der Waals surface area contributed by atoms with E-state index in [0.29, 0.717) is 11.1 Å².